The van der Waals surface area contributed by atoms with E-state index in [-0.39, 0.29) is 0 Å². The second-order valence-electron chi connectivity index (χ2n) is 6.29. The Hall–Kier alpha value is -2.87. The summed E-state index contributed by atoms with van der Waals surface area (Å²) in [5.74, 6) is 0.0843. The fourth-order valence-electron chi connectivity index (χ4n) is 3.42. The van der Waals surface area contributed by atoms with Gasteiger partial charge in [-0.1, -0.05) is 12.1 Å². The number of fused-ring (bicyclic) bond motifs is 2. The molecule has 0 unspecified atom stereocenters. The third-order valence-corrected chi connectivity index (χ3v) is 4.70. The number of carbonyl (C=O) groups excluding carboxylic acids is 1. The molecule has 5 nitrogen and oxygen atoms in total. The number of hydroxylamine groups is 1. The number of benzene rings is 2. The summed E-state index contributed by atoms with van der Waals surface area (Å²) in [5.41, 5.74) is 4.13. The van der Waals surface area contributed by atoms with Crippen LogP contribution in [0.1, 0.15) is 32.6 Å². The first-order valence-corrected chi connectivity index (χ1v) is 7.94. The highest BCUT2D eigenvalue weighted by molar-refractivity contribution is 5.96. The van der Waals surface area contributed by atoms with Gasteiger partial charge in [-0.25, -0.2) is 10.5 Å². The Labute approximate surface area is 146 Å². The van der Waals surface area contributed by atoms with Crippen molar-refractivity contribution in [2.75, 3.05) is 0 Å². The summed E-state index contributed by atoms with van der Waals surface area (Å²) in [6.45, 7) is 0.929. The van der Waals surface area contributed by atoms with Crippen molar-refractivity contribution in [3.8, 4) is 0 Å². The van der Waals surface area contributed by atoms with Crippen molar-refractivity contribution in [3.05, 3.63) is 64.2 Å². The fourth-order valence-corrected chi connectivity index (χ4v) is 3.42. The molecule has 26 heavy (non-hydrogen) atoms. The van der Waals surface area contributed by atoms with Crippen molar-refractivity contribution >= 4 is 17.4 Å². The van der Waals surface area contributed by atoms with E-state index in [4.69, 9.17) is 5.21 Å². The Morgan fingerprint density at radius 3 is 2.69 bits per heavy atom. The zero-order chi connectivity index (χ0) is 18.5. The van der Waals surface area contributed by atoms with Gasteiger partial charge in [-0.2, -0.15) is 13.2 Å². The maximum absolute atomic E-state index is 12.9. The summed E-state index contributed by atoms with van der Waals surface area (Å²) in [4.78, 5) is 18.2. The van der Waals surface area contributed by atoms with Crippen LogP contribution >= 0.6 is 0 Å². The van der Waals surface area contributed by atoms with Gasteiger partial charge in [-0.15, -0.1) is 0 Å². The lowest BCUT2D eigenvalue weighted by Crippen LogP contribution is -2.26. The van der Waals surface area contributed by atoms with E-state index in [1.165, 1.54) is 6.07 Å². The summed E-state index contributed by atoms with van der Waals surface area (Å²) in [5, 5.41) is 8.88. The van der Waals surface area contributed by atoms with Gasteiger partial charge in [-0.3, -0.25) is 10.0 Å². The minimum atomic E-state index is -4.38. The van der Waals surface area contributed by atoms with Gasteiger partial charge in [0.2, 0.25) is 0 Å². The highest BCUT2D eigenvalue weighted by atomic mass is 19.4. The van der Waals surface area contributed by atoms with Gasteiger partial charge in [0, 0.05) is 25.1 Å². The predicted octanol–water partition coefficient (Wildman–Crippen LogP) is 3.43. The normalized spacial score (nSPS) is 15.5. The second-order valence-corrected chi connectivity index (χ2v) is 6.29. The number of amidine groups is 1. The SMILES string of the molecule is O=C(NO)c1cccc2c1CN(C1=Nc3ccc(C(F)(F)F)cc3C1)C2. The van der Waals surface area contributed by atoms with E-state index in [1.54, 1.807) is 17.6 Å². The molecule has 0 aliphatic carbocycles. The van der Waals surface area contributed by atoms with Gasteiger partial charge in [0.15, 0.2) is 0 Å². The number of nitrogens with one attached hydrogen (secondary N) is 1. The van der Waals surface area contributed by atoms with E-state index in [1.807, 2.05) is 11.0 Å². The Balaban J connectivity index is 1.58. The maximum Gasteiger partial charge on any atom is 0.416 e. The molecule has 2 N–H and O–H groups in total. The lowest BCUT2D eigenvalue weighted by molar-refractivity contribution is -0.137. The van der Waals surface area contributed by atoms with Crippen LogP contribution in [0.5, 0.6) is 0 Å². The van der Waals surface area contributed by atoms with Gasteiger partial charge in [0.1, 0.15) is 5.84 Å². The Morgan fingerprint density at radius 1 is 1.15 bits per heavy atom. The maximum atomic E-state index is 12.9. The molecule has 0 spiro atoms. The van der Waals surface area contributed by atoms with Crippen molar-refractivity contribution in [1.29, 1.82) is 0 Å². The number of nitrogens with zero attached hydrogens (tertiary/aromatic N) is 2. The fraction of sp³-hybridized carbons (Fsp3) is 0.222. The van der Waals surface area contributed by atoms with Gasteiger partial charge in [0.05, 0.1) is 11.3 Å². The van der Waals surface area contributed by atoms with Crippen molar-refractivity contribution in [1.82, 2.24) is 10.4 Å². The summed E-state index contributed by atoms with van der Waals surface area (Å²) < 4.78 is 38.6. The van der Waals surface area contributed by atoms with Crippen LogP contribution in [0.15, 0.2) is 41.4 Å². The minimum Gasteiger partial charge on any atom is -0.351 e. The summed E-state index contributed by atoms with van der Waals surface area (Å²) >= 11 is 0. The molecule has 0 bridgehead atoms. The minimum absolute atomic E-state index is 0.314. The Bertz CT molecular complexity index is 938. The molecule has 0 atom stereocenters. The number of rotatable bonds is 1. The molecule has 0 fully saturated rings. The van der Waals surface area contributed by atoms with Crippen molar-refractivity contribution in [2.24, 2.45) is 4.99 Å². The van der Waals surface area contributed by atoms with E-state index in [9.17, 15) is 18.0 Å². The zero-order valence-electron chi connectivity index (χ0n) is 13.5. The van der Waals surface area contributed by atoms with Crippen LogP contribution in [-0.2, 0) is 25.7 Å². The number of halogens is 3. The topological polar surface area (TPSA) is 64.9 Å². The number of alkyl halides is 3. The van der Waals surface area contributed by atoms with Crippen LogP contribution in [0.2, 0.25) is 0 Å². The summed E-state index contributed by atoms with van der Waals surface area (Å²) in [6.07, 6.45) is -4.07. The highest BCUT2D eigenvalue weighted by Crippen LogP contribution is 2.37. The molecular formula is C18H14F3N3O2. The van der Waals surface area contributed by atoms with Crippen LogP contribution in [0, 0.1) is 0 Å². The molecule has 1 amide bonds. The van der Waals surface area contributed by atoms with Crippen LogP contribution in [0.25, 0.3) is 0 Å². The highest BCUT2D eigenvalue weighted by Gasteiger charge is 2.33. The summed E-state index contributed by atoms with van der Waals surface area (Å²) in [7, 11) is 0. The average molecular weight is 361 g/mol. The van der Waals surface area contributed by atoms with Gasteiger partial charge < -0.3 is 4.90 Å². The van der Waals surface area contributed by atoms with Crippen LogP contribution in [-0.4, -0.2) is 21.8 Å². The van der Waals surface area contributed by atoms with Crippen molar-refractivity contribution in [3.63, 3.8) is 0 Å². The molecule has 0 aromatic heterocycles. The van der Waals surface area contributed by atoms with Gasteiger partial charge in [0.25, 0.3) is 5.91 Å². The quantitative estimate of drug-likeness (QED) is 0.604. The van der Waals surface area contributed by atoms with Crippen molar-refractivity contribution < 1.29 is 23.2 Å². The predicted molar refractivity (Wildman–Crippen MR) is 87.2 cm³/mol. The smallest absolute Gasteiger partial charge is 0.351 e. The molecule has 2 aromatic carbocycles. The van der Waals surface area contributed by atoms with Gasteiger partial charge >= 0.3 is 6.18 Å². The van der Waals surface area contributed by atoms with E-state index in [2.05, 4.69) is 4.99 Å². The molecule has 0 saturated heterocycles. The molecule has 2 aromatic rings. The molecule has 8 heteroatoms. The van der Waals surface area contributed by atoms with Gasteiger partial charge in [-0.05, 0) is 41.0 Å². The first-order valence-electron chi connectivity index (χ1n) is 7.94. The van der Waals surface area contributed by atoms with Crippen molar-refractivity contribution in [2.45, 2.75) is 25.7 Å². The molecule has 134 valence electrons. The average Bonchev–Trinajstić information content (AvgIpc) is 3.22. The Kier molecular flexibility index (Phi) is 3.73. The second kappa shape index (κ2) is 5.84. The molecule has 2 aliphatic heterocycles. The standard InChI is InChI=1S/C18H14F3N3O2/c19-18(20,21)12-4-5-15-11(6-12)7-16(22-15)24-8-10-2-1-3-13(14(10)9-24)17(25)23-26/h1-6,26H,7-9H2,(H,23,25). The summed E-state index contributed by atoms with van der Waals surface area (Å²) in [6, 6.07) is 8.79. The third kappa shape index (κ3) is 2.72. The monoisotopic (exact) mass is 361 g/mol. The largest absolute Gasteiger partial charge is 0.416 e. The molecule has 2 heterocycles. The first-order chi connectivity index (χ1) is 12.4. The van der Waals surface area contributed by atoms with E-state index < -0.39 is 17.6 Å². The molecule has 0 saturated carbocycles. The molecule has 4 rings (SSSR count). The molecule has 2 aliphatic rings. The molecular weight excluding hydrogens is 347 g/mol. The number of amides is 1. The lowest BCUT2D eigenvalue weighted by atomic mass is 10.0. The number of hydrogen-bond acceptors (Lipinski definition) is 4. The van der Waals surface area contributed by atoms with Crippen LogP contribution in [0.3, 0.4) is 0 Å². The van der Waals surface area contributed by atoms with E-state index in [0.29, 0.717) is 42.2 Å². The lowest BCUT2D eigenvalue weighted by Gasteiger charge is -2.17. The Morgan fingerprint density at radius 2 is 1.96 bits per heavy atom. The van der Waals surface area contributed by atoms with E-state index >= 15 is 0 Å². The van der Waals surface area contributed by atoms with Crippen LogP contribution in [0.4, 0.5) is 18.9 Å². The third-order valence-electron chi connectivity index (χ3n) is 4.70. The molecule has 0 radical (unpaired) electrons. The number of hydrogen-bond donors (Lipinski definition) is 2. The number of carbonyl (C=O) groups is 1. The number of aliphatic imine (C=N–C) groups is 1. The zero-order valence-corrected chi connectivity index (χ0v) is 13.5. The first kappa shape index (κ1) is 16.6. The van der Waals surface area contributed by atoms with E-state index in [0.717, 1.165) is 23.3 Å². The van der Waals surface area contributed by atoms with Crippen LogP contribution < -0.4 is 5.48 Å².